The average Bonchev–Trinajstić information content (AvgIpc) is 2.96. The van der Waals surface area contributed by atoms with Crippen molar-refractivity contribution in [2.75, 3.05) is 26.8 Å². The molecular weight excluding hydrogens is 282 g/mol. The number of nitrogens with one attached hydrogen (secondary N) is 2. The van der Waals surface area contributed by atoms with Crippen LogP contribution in [0.15, 0.2) is 30.7 Å². The molecule has 0 fully saturated rings. The van der Waals surface area contributed by atoms with Crippen molar-refractivity contribution >= 4 is 5.91 Å². The number of imidazole rings is 1. The molecule has 7 heteroatoms. The Morgan fingerprint density at radius 3 is 2.86 bits per heavy atom. The zero-order valence-corrected chi connectivity index (χ0v) is 12.9. The van der Waals surface area contributed by atoms with Crippen LogP contribution in [0, 0.1) is 6.92 Å². The topological polar surface area (TPSA) is 81.1 Å². The van der Waals surface area contributed by atoms with E-state index in [0.29, 0.717) is 19.7 Å². The van der Waals surface area contributed by atoms with E-state index in [1.165, 1.54) is 0 Å². The van der Waals surface area contributed by atoms with Crippen LogP contribution in [0.25, 0.3) is 5.82 Å². The van der Waals surface area contributed by atoms with Gasteiger partial charge in [0.15, 0.2) is 0 Å². The first kappa shape index (κ1) is 16.1. The van der Waals surface area contributed by atoms with Crippen LogP contribution in [0.3, 0.4) is 0 Å². The molecule has 0 aliphatic carbocycles. The van der Waals surface area contributed by atoms with Crippen LogP contribution in [0.4, 0.5) is 0 Å². The molecular formula is C15H21N5O2. The Bertz CT molecular complexity index is 594. The van der Waals surface area contributed by atoms with Gasteiger partial charge in [-0.1, -0.05) is 6.07 Å². The van der Waals surface area contributed by atoms with Crippen molar-refractivity contribution in [3.8, 4) is 5.82 Å². The van der Waals surface area contributed by atoms with Crippen molar-refractivity contribution in [2.45, 2.75) is 13.5 Å². The van der Waals surface area contributed by atoms with Crippen molar-refractivity contribution in [1.29, 1.82) is 0 Å². The Morgan fingerprint density at radius 2 is 2.23 bits per heavy atom. The van der Waals surface area contributed by atoms with Gasteiger partial charge in [-0.05, 0) is 18.6 Å². The van der Waals surface area contributed by atoms with Gasteiger partial charge in [0.05, 0.1) is 13.2 Å². The number of hydrogen-bond acceptors (Lipinski definition) is 5. The quantitative estimate of drug-likeness (QED) is 0.691. The summed E-state index contributed by atoms with van der Waals surface area (Å²) < 4.78 is 6.80. The van der Waals surface area contributed by atoms with Crippen molar-refractivity contribution in [3.05, 3.63) is 42.1 Å². The second-order valence-electron chi connectivity index (χ2n) is 4.82. The molecule has 0 radical (unpaired) electrons. The lowest BCUT2D eigenvalue weighted by molar-refractivity contribution is -0.120. The van der Waals surface area contributed by atoms with E-state index in [9.17, 15) is 4.79 Å². The molecule has 2 aromatic rings. The average molecular weight is 303 g/mol. The number of aryl methyl sites for hydroxylation is 1. The molecule has 0 atom stereocenters. The van der Waals surface area contributed by atoms with Gasteiger partial charge in [0.1, 0.15) is 11.6 Å². The van der Waals surface area contributed by atoms with E-state index in [1.807, 2.05) is 29.8 Å². The summed E-state index contributed by atoms with van der Waals surface area (Å²) in [6.45, 7) is 3.91. The van der Waals surface area contributed by atoms with Crippen molar-refractivity contribution in [2.24, 2.45) is 0 Å². The lowest BCUT2D eigenvalue weighted by Gasteiger charge is -2.08. The van der Waals surface area contributed by atoms with Gasteiger partial charge in [-0.3, -0.25) is 9.36 Å². The highest BCUT2D eigenvalue weighted by molar-refractivity contribution is 5.77. The summed E-state index contributed by atoms with van der Waals surface area (Å²) in [5.41, 5.74) is 0.951. The zero-order valence-electron chi connectivity index (χ0n) is 12.9. The largest absolute Gasteiger partial charge is 0.383 e. The third-order valence-corrected chi connectivity index (χ3v) is 3.14. The molecule has 7 nitrogen and oxygen atoms in total. The number of rotatable bonds is 8. The molecule has 22 heavy (non-hydrogen) atoms. The summed E-state index contributed by atoms with van der Waals surface area (Å²) >= 11 is 0. The highest BCUT2D eigenvalue weighted by atomic mass is 16.5. The molecule has 0 spiro atoms. The molecule has 2 heterocycles. The number of pyridine rings is 1. The molecule has 118 valence electrons. The fraction of sp³-hybridized carbons (Fsp3) is 0.400. The number of hydrogen-bond donors (Lipinski definition) is 2. The van der Waals surface area contributed by atoms with E-state index in [1.54, 1.807) is 19.5 Å². The van der Waals surface area contributed by atoms with Gasteiger partial charge in [-0.2, -0.15) is 0 Å². The van der Waals surface area contributed by atoms with Crippen molar-refractivity contribution in [1.82, 2.24) is 25.2 Å². The van der Waals surface area contributed by atoms with Crippen LogP contribution in [-0.2, 0) is 16.1 Å². The predicted octanol–water partition coefficient (Wildman–Crippen LogP) is 0.428. The van der Waals surface area contributed by atoms with Gasteiger partial charge in [-0.15, -0.1) is 0 Å². The summed E-state index contributed by atoms with van der Waals surface area (Å²) in [7, 11) is 1.63. The number of aromatic nitrogens is 3. The molecule has 0 unspecified atom stereocenters. The molecule has 0 saturated heterocycles. The fourth-order valence-electron chi connectivity index (χ4n) is 1.92. The van der Waals surface area contributed by atoms with Crippen molar-refractivity contribution in [3.63, 3.8) is 0 Å². The van der Waals surface area contributed by atoms with E-state index in [-0.39, 0.29) is 12.5 Å². The molecule has 2 aromatic heterocycles. The van der Waals surface area contributed by atoms with E-state index in [0.717, 1.165) is 17.2 Å². The van der Waals surface area contributed by atoms with Crippen LogP contribution in [0.5, 0.6) is 0 Å². The maximum absolute atomic E-state index is 11.6. The summed E-state index contributed by atoms with van der Waals surface area (Å²) in [6, 6.07) is 3.85. The molecule has 0 aliphatic heterocycles. The second-order valence-corrected chi connectivity index (χ2v) is 4.82. The normalized spacial score (nSPS) is 10.6. The molecule has 1 amide bonds. The minimum Gasteiger partial charge on any atom is -0.383 e. The van der Waals surface area contributed by atoms with Crippen LogP contribution < -0.4 is 10.6 Å². The lowest BCUT2D eigenvalue weighted by Crippen LogP contribution is -2.34. The highest BCUT2D eigenvalue weighted by Crippen LogP contribution is 2.08. The van der Waals surface area contributed by atoms with Gasteiger partial charge in [0.2, 0.25) is 5.91 Å². The first-order valence-electron chi connectivity index (χ1n) is 7.12. The number of ether oxygens (including phenoxy) is 1. The van der Waals surface area contributed by atoms with Crippen LogP contribution in [-0.4, -0.2) is 47.2 Å². The standard InChI is InChI=1S/C15H21N5O2/c1-12-17-5-7-20(12)14-4-3-13(9-18-14)10-19-15(21)11-16-6-8-22-2/h3-5,7,9,16H,6,8,10-11H2,1-2H3,(H,19,21). The third kappa shape index (κ3) is 4.64. The molecule has 2 rings (SSSR count). The molecule has 0 aromatic carbocycles. The van der Waals surface area contributed by atoms with Gasteiger partial charge >= 0.3 is 0 Å². The Hall–Kier alpha value is -2.25. The Labute approximate surface area is 129 Å². The number of methoxy groups -OCH3 is 1. The number of carbonyl (C=O) groups is 1. The zero-order chi connectivity index (χ0) is 15.8. The van der Waals surface area contributed by atoms with Gasteiger partial charge in [0, 0.05) is 38.8 Å². The number of amides is 1. The summed E-state index contributed by atoms with van der Waals surface area (Å²) in [6.07, 6.45) is 5.36. The minimum atomic E-state index is -0.0503. The summed E-state index contributed by atoms with van der Waals surface area (Å²) in [5, 5.41) is 5.83. The Kier molecular flexibility index (Phi) is 6.05. The van der Waals surface area contributed by atoms with Crippen LogP contribution >= 0.6 is 0 Å². The van der Waals surface area contributed by atoms with Crippen LogP contribution in [0.1, 0.15) is 11.4 Å². The lowest BCUT2D eigenvalue weighted by atomic mass is 10.3. The molecule has 0 bridgehead atoms. The van der Waals surface area contributed by atoms with E-state index in [4.69, 9.17) is 4.74 Å². The first-order chi connectivity index (χ1) is 10.7. The Morgan fingerprint density at radius 1 is 1.36 bits per heavy atom. The number of carbonyl (C=O) groups excluding carboxylic acids is 1. The van der Waals surface area contributed by atoms with Gasteiger partial charge in [-0.25, -0.2) is 9.97 Å². The second kappa shape index (κ2) is 8.26. The van der Waals surface area contributed by atoms with E-state index >= 15 is 0 Å². The van der Waals surface area contributed by atoms with Crippen LogP contribution in [0.2, 0.25) is 0 Å². The Balaban J connectivity index is 1.79. The van der Waals surface area contributed by atoms with Gasteiger partial charge < -0.3 is 15.4 Å². The minimum absolute atomic E-state index is 0.0503. The van der Waals surface area contributed by atoms with Crippen molar-refractivity contribution < 1.29 is 9.53 Å². The highest BCUT2D eigenvalue weighted by Gasteiger charge is 2.03. The maximum Gasteiger partial charge on any atom is 0.234 e. The maximum atomic E-state index is 11.6. The first-order valence-corrected chi connectivity index (χ1v) is 7.12. The van der Waals surface area contributed by atoms with Gasteiger partial charge in [0.25, 0.3) is 0 Å². The molecule has 0 aliphatic rings. The fourth-order valence-corrected chi connectivity index (χ4v) is 1.92. The van der Waals surface area contributed by atoms with E-state index in [2.05, 4.69) is 20.6 Å². The monoisotopic (exact) mass is 303 g/mol. The molecule has 0 saturated carbocycles. The SMILES string of the molecule is COCCNCC(=O)NCc1ccc(-n2ccnc2C)nc1. The van der Waals surface area contributed by atoms with E-state index < -0.39 is 0 Å². The number of nitrogens with zero attached hydrogens (tertiary/aromatic N) is 3. The summed E-state index contributed by atoms with van der Waals surface area (Å²) in [5.74, 6) is 1.65. The summed E-state index contributed by atoms with van der Waals surface area (Å²) in [4.78, 5) is 20.2. The third-order valence-electron chi connectivity index (χ3n) is 3.14. The smallest absolute Gasteiger partial charge is 0.234 e. The molecule has 2 N–H and O–H groups in total. The predicted molar refractivity (Wildman–Crippen MR) is 82.7 cm³/mol.